The SMILES string of the molecule is Cc1ccc(Cn2c(=S)[nH]c3c(F)cc(F)cc32)s1. The Labute approximate surface area is 117 Å². The van der Waals surface area contributed by atoms with Crippen molar-refractivity contribution in [3.05, 3.63) is 50.4 Å². The molecular weight excluding hydrogens is 286 g/mol. The van der Waals surface area contributed by atoms with Gasteiger partial charge in [-0.3, -0.25) is 0 Å². The molecule has 0 saturated heterocycles. The zero-order valence-corrected chi connectivity index (χ0v) is 11.7. The number of halogens is 2. The third-order valence-electron chi connectivity index (χ3n) is 2.91. The van der Waals surface area contributed by atoms with Crippen LogP contribution in [0.25, 0.3) is 11.0 Å². The van der Waals surface area contributed by atoms with Gasteiger partial charge in [0.1, 0.15) is 11.3 Å². The molecule has 0 radical (unpaired) electrons. The lowest BCUT2D eigenvalue weighted by molar-refractivity contribution is 0.590. The minimum absolute atomic E-state index is 0.250. The molecule has 0 aliphatic heterocycles. The number of H-pyrrole nitrogens is 1. The second kappa shape index (κ2) is 4.54. The summed E-state index contributed by atoms with van der Waals surface area (Å²) in [6.45, 7) is 2.53. The Morgan fingerprint density at radius 1 is 1.32 bits per heavy atom. The highest BCUT2D eigenvalue weighted by atomic mass is 32.1. The number of fused-ring (bicyclic) bond motifs is 1. The maximum Gasteiger partial charge on any atom is 0.178 e. The second-order valence-electron chi connectivity index (χ2n) is 4.31. The van der Waals surface area contributed by atoms with E-state index in [0.29, 0.717) is 16.8 Å². The number of nitrogens with one attached hydrogen (secondary N) is 1. The molecule has 0 aliphatic carbocycles. The zero-order valence-electron chi connectivity index (χ0n) is 10.0. The average molecular weight is 296 g/mol. The normalized spacial score (nSPS) is 11.3. The van der Waals surface area contributed by atoms with Gasteiger partial charge < -0.3 is 9.55 Å². The van der Waals surface area contributed by atoms with Gasteiger partial charge in [-0.15, -0.1) is 11.3 Å². The van der Waals surface area contributed by atoms with E-state index in [1.165, 1.54) is 10.9 Å². The van der Waals surface area contributed by atoms with Crippen molar-refractivity contribution in [3.8, 4) is 0 Å². The number of thiophene rings is 1. The van der Waals surface area contributed by atoms with Crippen molar-refractivity contribution in [2.45, 2.75) is 13.5 Å². The van der Waals surface area contributed by atoms with Crippen LogP contribution in [0.2, 0.25) is 0 Å². The Balaban J connectivity index is 2.18. The summed E-state index contributed by atoms with van der Waals surface area (Å²) in [5.74, 6) is -1.22. The highest BCUT2D eigenvalue weighted by Gasteiger charge is 2.11. The molecule has 0 fully saturated rings. The van der Waals surface area contributed by atoms with Crippen LogP contribution in [0.5, 0.6) is 0 Å². The van der Waals surface area contributed by atoms with Gasteiger partial charge in [0, 0.05) is 15.8 Å². The maximum absolute atomic E-state index is 13.7. The summed E-state index contributed by atoms with van der Waals surface area (Å²) in [4.78, 5) is 5.08. The third kappa shape index (κ3) is 2.21. The fraction of sp³-hybridized carbons (Fsp3) is 0.154. The van der Waals surface area contributed by atoms with Crippen molar-refractivity contribution in [3.63, 3.8) is 0 Å². The van der Waals surface area contributed by atoms with Crippen molar-refractivity contribution >= 4 is 34.6 Å². The molecule has 19 heavy (non-hydrogen) atoms. The van der Waals surface area contributed by atoms with E-state index in [1.807, 2.05) is 19.1 Å². The van der Waals surface area contributed by atoms with Crippen LogP contribution in [0.15, 0.2) is 24.3 Å². The van der Waals surface area contributed by atoms with E-state index in [2.05, 4.69) is 4.98 Å². The molecule has 2 heterocycles. The van der Waals surface area contributed by atoms with Crippen LogP contribution >= 0.6 is 23.6 Å². The standard InChI is InChI=1S/C13H10F2N2S2/c1-7-2-3-9(19-7)6-17-11-5-8(14)4-10(15)12(11)16-13(17)18/h2-5H,6H2,1H3,(H,16,18). The molecule has 0 spiro atoms. The molecular formula is C13H10F2N2S2. The highest BCUT2D eigenvalue weighted by molar-refractivity contribution is 7.71. The Morgan fingerprint density at radius 2 is 2.11 bits per heavy atom. The van der Waals surface area contributed by atoms with E-state index in [4.69, 9.17) is 12.2 Å². The van der Waals surface area contributed by atoms with Crippen LogP contribution in [-0.2, 0) is 6.54 Å². The summed E-state index contributed by atoms with van der Waals surface area (Å²) in [7, 11) is 0. The molecule has 0 unspecified atom stereocenters. The minimum Gasteiger partial charge on any atom is -0.328 e. The molecule has 1 aromatic carbocycles. The van der Waals surface area contributed by atoms with Gasteiger partial charge >= 0.3 is 0 Å². The summed E-state index contributed by atoms with van der Waals surface area (Å²) in [5.41, 5.74) is 0.702. The van der Waals surface area contributed by atoms with Crippen LogP contribution < -0.4 is 0 Å². The van der Waals surface area contributed by atoms with Crippen LogP contribution in [-0.4, -0.2) is 9.55 Å². The summed E-state index contributed by atoms with van der Waals surface area (Å²) >= 11 is 6.83. The molecule has 6 heteroatoms. The lowest BCUT2D eigenvalue weighted by Crippen LogP contribution is -1.98. The van der Waals surface area contributed by atoms with Gasteiger partial charge in [-0.1, -0.05) is 0 Å². The summed E-state index contributed by atoms with van der Waals surface area (Å²) < 4.78 is 29.1. The first-order valence-electron chi connectivity index (χ1n) is 5.67. The first-order chi connectivity index (χ1) is 9.04. The zero-order chi connectivity index (χ0) is 13.6. The van der Waals surface area contributed by atoms with E-state index < -0.39 is 11.6 Å². The number of aromatic amines is 1. The third-order valence-corrected chi connectivity index (χ3v) is 4.22. The largest absolute Gasteiger partial charge is 0.328 e. The average Bonchev–Trinajstić information content (AvgIpc) is 2.87. The maximum atomic E-state index is 13.7. The first-order valence-corrected chi connectivity index (χ1v) is 6.90. The lowest BCUT2D eigenvalue weighted by Gasteiger charge is -2.02. The fourth-order valence-corrected chi connectivity index (χ4v) is 3.21. The van der Waals surface area contributed by atoms with Crippen molar-refractivity contribution in [1.29, 1.82) is 0 Å². The minimum atomic E-state index is -0.623. The number of imidazole rings is 1. The van der Waals surface area contributed by atoms with Gasteiger partial charge in [-0.25, -0.2) is 8.78 Å². The molecule has 0 atom stereocenters. The molecule has 0 aliphatic rings. The number of aromatic nitrogens is 2. The molecule has 3 aromatic rings. The molecule has 2 aromatic heterocycles. The van der Waals surface area contributed by atoms with Gasteiger partial charge in [0.15, 0.2) is 10.6 Å². The number of nitrogens with zero attached hydrogens (tertiary/aromatic N) is 1. The smallest absolute Gasteiger partial charge is 0.178 e. The Kier molecular flexibility index (Phi) is 2.99. The number of hydrogen-bond donors (Lipinski definition) is 1. The molecule has 0 saturated carbocycles. The molecule has 98 valence electrons. The van der Waals surface area contributed by atoms with E-state index in [-0.39, 0.29) is 5.52 Å². The van der Waals surface area contributed by atoms with Gasteiger partial charge in [-0.2, -0.15) is 0 Å². The molecule has 2 nitrogen and oxygen atoms in total. The number of benzene rings is 1. The van der Waals surface area contributed by atoms with Crippen LogP contribution in [0.4, 0.5) is 8.78 Å². The number of rotatable bonds is 2. The van der Waals surface area contributed by atoms with Gasteiger partial charge in [0.25, 0.3) is 0 Å². The van der Waals surface area contributed by atoms with E-state index in [0.717, 1.165) is 10.9 Å². The summed E-state index contributed by atoms with van der Waals surface area (Å²) in [6.07, 6.45) is 0. The van der Waals surface area contributed by atoms with Crippen LogP contribution in [0.3, 0.4) is 0 Å². The Bertz CT molecular complexity index is 814. The predicted molar refractivity (Wildman–Crippen MR) is 75.2 cm³/mol. The first kappa shape index (κ1) is 12.5. The Hall–Kier alpha value is -1.53. The van der Waals surface area contributed by atoms with E-state index >= 15 is 0 Å². The quantitative estimate of drug-likeness (QED) is 0.695. The van der Waals surface area contributed by atoms with Crippen LogP contribution in [0.1, 0.15) is 9.75 Å². The number of hydrogen-bond acceptors (Lipinski definition) is 2. The van der Waals surface area contributed by atoms with Crippen molar-refractivity contribution < 1.29 is 8.78 Å². The Morgan fingerprint density at radius 3 is 2.79 bits per heavy atom. The van der Waals surface area contributed by atoms with Gasteiger partial charge in [0.05, 0.1) is 12.1 Å². The molecule has 1 N–H and O–H groups in total. The monoisotopic (exact) mass is 296 g/mol. The summed E-state index contributed by atoms with van der Waals surface area (Å²) in [5, 5.41) is 0. The van der Waals surface area contributed by atoms with Crippen molar-refractivity contribution in [2.24, 2.45) is 0 Å². The lowest BCUT2D eigenvalue weighted by atomic mass is 10.3. The number of aryl methyl sites for hydroxylation is 1. The van der Waals surface area contributed by atoms with E-state index in [9.17, 15) is 8.78 Å². The van der Waals surface area contributed by atoms with Gasteiger partial charge in [-0.05, 0) is 37.3 Å². The second-order valence-corrected chi connectivity index (χ2v) is 6.07. The van der Waals surface area contributed by atoms with Crippen molar-refractivity contribution in [2.75, 3.05) is 0 Å². The fourth-order valence-electron chi connectivity index (χ4n) is 2.06. The van der Waals surface area contributed by atoms with E-state index in [1.54, 1.807) is 15.9 Å². The molecule has 0 bridgehead atoms. The van der Waals surface area contributed by atoms with Gasteiger partial charge in [0.2, 0.25) is 0 Å². The predicted octanol–water partition coefficient (Wildman–Crippen LogP) is 4.40. The van der Waals surface area contributed by atoms with Crippen LogP contribution in [0, 0.1) is 23.3 Å². The highest BCUT2D eigenvalue weighted by Crippen LogP contribution is 2.23. The topological polar surface area (TPSA) is 20.7 Å². The molecule has 3 rings (SSSR count). The van der Waals surface area contributed by atoms with Crippen molar-refractivity contribution in [1.82, 2.24) is 9.55 Å². The summed E-state index contributed by atoms with van der Waals surface area (Å²) in [6, 6.07) is 6.16. The molecule has 0 amide bonds.